The Balaban J connectivity index is 2.03. The van der Waals surface area contributed by atoms with Gasteiger partial charge in [-0.05, 0) is 52.3 Å². The quantitative estimate of drug-likeness (QED) is 0.791. The van der Waals surface area contributed by atoms with Crippen molar-refractivity contribution in [2.75, 3.05) is 12.8 Å². The molecule has 0 bridgehead atoms. The number of benzene rings is 2. The van der Waals surface area contributed by atoms with Gasteiger partial charge in [-0.3, -0.25) is 4.90 Å². The monoisotopic (exact) mass is 382 g/mol. The van der Waals surface area contributed by atoms with Gasteiger partial charge < -0.3 is 5.73 Å². The van der Waals surface area contributed by atoms with Gasteiger partial charge in [-0.15, -0.1) is 0 Å². The van der Waals surface area contributed by atoms with Gasteiger partial charge in [-0.2, -0.15) is 0 Å². The van der Waals surface area contributed by atoms with Gasteiger partial charge >= 0.3 is 0 Å². The van der Waals surface area contributed by atoms with Crippen LogP contribution in [0.2, 0.25) is 0 Å². The minimum Gasteiger partial charge on any atom is -0.398 e. The van der Waals surface area contributed by atoms with Crippen LogP contribution in [0.4, 0.5) is 5.69 Å². The highest BCUT2D eigenvalue weighted by atomic mass is 79.9. The van der Waals surface area contributed by atoms with Crippen molar-refractivity contribution in [1.29, 1.82) is 0 Å². The number of nitrogen functional groups attached to an aromatic ring is 1. The average Bonchev–Trinajstić information content (AvgIpc) is 2.38. The number of hydrogen-bond donors (Lipinski definition) is 1. The van der Waals surface area contributed by atoms with Gasteiger partial charge in [0, 0.05) is 27.7 Å². The molecule has 2 aromatic rings. The van der Waals surface area contributed by atoms with E-state index in [4.69, 9.17) is 5.73 Å². The molecule has 0 unspecified atom stereocenters. The fraction of sp³-hybridized carbons (Fsp3) is 0.200. The maximum atomic E-state index is 5.89. The summed E-state index contributed by atoms with van der Waals surface area (Å²) in [4.78, 5) is 2.27. The minimum atomic E-state index is 0.787. The summed E-state index contributed by atoms with van der Waals surface area (Å²) in [5.74, 6) is 0. The van der Waals surface area contributed by atoms with Crippen molar-refractivity contribution in [3.8, 4) is 0 Å². The van der Waals surface area contributed by atoms with Crippen LogP contribution in [0.5, 0.6) is 0 Å². The van der Waals surface area contributed by atoms with Crippen molar-refractivity contribution in [3.05, 3.63) is 62.5 Å². The molecular weight excluding hydrogens is 368 g/mol. The van der Waals surface area contributed by atoms with E-state index in [0.29, 0.717) is 0 Å². The zero-order valence-electron chi connectivity index (χ0n) is 10.7. The van der Waals surface area contributed by atoms with Crippen LogP contribution < -0.4 is 5.73 Å². The third-order valence-corrected chi connectivity index (χ3v) is 4.41. The first kappa shape index (κ1) is 14.6. The molecule has 2 aromatic carbocycles. The Morgan fingerprint density at radius 2 is 1.68 bits per heavy atom. The maximum Gasteiger partial charge on any atom is 0.0461 e. The summed E-state index contributed by atoms with van der Waals surface area (Å²) in [5, 5.41) is 0. The predicted molar refractivity (Wildman–Crippen MR) is 87.9 cm³/mol. The molecule has 0 saturated carbocycles. The highest BCUT2D eigenvalue weighted by Crippen LogP contribution is 2.25. The van der Waals surface area contributed by atoms with E-state index in [-0.39, 0.29) is 0 Å². The smallest absolute Gasteiger partial charge is 0.0461 e. The van der Waals surface area contributed by atoms with Gasteiger partial charge in [0.25, 0.3) is 0 Å². The molecule has 0 spiro atoms. The Morgan fingerprint density at radius 3 is 2.37 bits per heavy atom. The first-order valence-corrected chi connectivity index (χ1v) is 7.60. The summed E-state index contributed by atoms with van der Waals surface area (Å²) in [6, 6.07) is 14.4. The molecule has 19 heavy (non-hydrogen) atoms. The number of rotatable bonds is 4. The van der Waals surface area contributed by atoms with Crippen molar-refractivity contribution in [2.45, 2.75) is 13.1 Å². The first-order chi connectivity index (χ1) is 9.06. The van der Waals surface area contributed by atoms with E-state index in [2.05, 4.69) is 74.1 Å². The predicted octanol–water partition coefficient (Wildman–Crippen LogP) is 4.43. The third-order valence-electron chi connectivity index (χ3n) is 2.91. The van der Waals surface area contributed by atoms with Crippen LogP contribution in [0.1, 0.15) is 11.1 Å². The Hall–Kier alpha value is -0.840. The number of halogens is 2. The van der Waals surface area contributed by atoms with Crippen molar-refractivity contribution in [1.82, 2.24) is 4.90 Å². The summed E-state index contributed by atoms with van der Waals surface area (Å²) in [5.41, 5.74) is 9.19. The van der Waals surface area contributed by atoms with Crippen LogP contribution >= 0.6 is 31.9 Å². The van der Waals surface area contributed by atoms with E-state index < -0.39 is 0 Å². The van der Waals surface area contributed by atoms with E-state index in [0.717, 1.165) is 27.7 Å². The molecule has 0 atom stereocenters. The Bertz CT molecular complexity index is 553. The van der Waals surface area contributed by atoms with Crippen LogP contribution in [0.25, 0.3) is 0 Å². The number of anilines is 1. The van der Waals surface area contributed by atoms with E-state index >= 15 is 0 Å². The lowest BCUT2D eigenvalue weighted by atomic mass is 10.1. The molecule has 4 heteroatoms. The normalized spacial score (nSPS) is 10.9. The zero-order chi connectivity index (χ0) is 13.8. The number of nitrogens with zero attached hydrogens (tertiary/aromatic N) is 1. The molecule has 0 aromatic heterocycles. The second-order valence-corrected chi connectivity index (χ2v) is 6.33. The second-order valence-electron chi connectivity index (χ2n) is 4.62. The topological polar surface area (TPSA) is 29.3 Å². The zero-order valence-corrected chi connectivity index (χ0v) is 13.9. The van der Waals surface area contributed by atoms with E-state index in [1.165, 1.54) is 11.1 Å². The maximum absolute atomic E-state index is 5.89. The second kappa shape index (κ2) is 6.55. The van der Waals surface area contributed by atoms with E-state index in [9.17, 15) is 0 Å². The summed E-state index contributed by atoms with van der Waals surface area (Å²) in [6.45, 7) is 1.77. The molecule has 2 N–H and O–H groups in total. The Kier molecular flexibility index (Phi) is 5.02. The molecule has 0 aliphatic carbocycles. The molecule has 0 fully saturated rings. The summed E-state index contributed by atoms with van der Waals surface area (Å²) in [6.07, 6.45) is 0. The number of nitrogens with two attached hydrogens (primary N) is 1. The van der Waals surface area contributed by atoms with Crippen molar-refractivity contribution in [3.63, 3.8) is 0 Å². The van der Waals surface area contributed by atoms with Gasteiger partial charge in [-0.25, -0.2) is 0 Å². The van der Waals surface area contributed by atoms with Gasteiger partial charge in [0.2, 0.25) is 0 Å². The molecule has 2 rings (SSSR count). The van der Waals surface area contributed by atoms with Crippen LogP contribution in [0.3, 0.4) is 0 Å². The molecule has 0 heterocycles. The first-order valence-electron chi connectivity index (χ1n) is 6.02. The van der Waals surface area contributed by atoms with Crippen LogP contribution in [-0.4, -0.2) is 11.9 Å². The fourth-order valence-electron chi connectivity index (χ4n) is 1.97. The molecule has 100 valence electrons. The molecular formula is C15H16Br2N2. The van der Waals surface area contributed by atoms with Crippen LogP contribution in [0, 0.1) is 0 Å². The lowest BCUT2D eigenvalue weighted by Crippen LogP contribution is -2.17. The van der Waals surface area contributed by atoms with Crippen molar-refractivity contribution in [2.24, 2.45) is 0 Å². The highest BCUT2D eigenvalue weighted by Gasteiger charge is 2.07. The summed E-state index contributed by atoms with van der Waals surface area (Å²) < 4.78 is 2.11. The lowest BCUT2D eigenvalue weighted by molar-refractivity contribution is 0.318. The molecule has 2 nitrogen and oxygen atoms in total. The standard InChI is InChI=1S/C15H16Br2N2/c1-19(9-11-5-7-13(16)8-6-11)10-12-3-2-4-14(18)15(12)17/h2-8H,9-10,18H2,1H3. The SMILES string of the molecule is CN(Cc1ccc(Br)cc1)Cc1cccc(N)c1Br. The Morgan fingerprint density at radius 1 is 1.00 bits per heavy atom. The fourth-order valence-corrected chi connectivity index (χ4v) is 2.62. The molecule has 0 aliphatic heterocycles. The van der Waals surface area contributed by atoms with Crippen molar-refractivity contribution >= 4 is 37.5 Å². The largest absolute Gasteiger partial charge is 0.398 e. The Labute approximate surface area is 130 Å². The molecule has 0 amide bonds. The van der Waals surface area contributed by atoms with Gasteiger partial charge in [0.05, 0.1) is 0 Å². The summed E-state index contributed by atoms with van der Waals surface area (Å²) in [7, 11) is 2.11. The van der Waals surface area contributed by atoms with E-state index in [1.807, 2.05) is 12.1 Å². The van der Waals surface area contributed by atoms with E-state index in [1.54, 1.807) is 0 Å². The van der Waals surface area contributed by atoms with Gasteiger partial charge in [-0.1, -0.05) is 40.2 Å². The molecule has 0 saturated heterocycles. The average molecular weight is 384 g/mol. The number of hydrogen-bond acceptors (Lipinski definition) is 2. The van der Waals surface area contributed by atoms with Gasteiger partial charge in [0.1, 0.15) is 0 Å². The molecule has 0 aliphatic rings. The van der Waals surface area contributed by atoms with Crippen LogP contribution in [0.15, 0.2) is 51.4 Å². The van der Waals surface area contributed by atoms with Gasteiger partial charge in [0.15, 0.2) is 0 Å². The minimum absolute atomic E-state index is 0.787. The lowest BCUT2D eigenvalue weighted by Gasteiger charge is -2.18. The third kappa shape index (κ3) is 4.06. The van der Waals surface area contributed by atoms with Crippen LogP contribution in [-0.2, 0) is 13.1 Å². The summed E-state index contributed by atoms with van der Waals surface area (Å²) >= 11 is 7.00. The van der Waals surface area contributed by atoms with Crippen molar-refractivity contribution < 1.29 is 0 Å². The molecule has 0 radical (unpaired) electrons. The highest BCUT2D eigenvalue weighted by molar-refractivity contribution is 9.11.